The Morgan fingerprint density at radius 1 is 1.37 bits per heavy atom. The van der Waals surface area contributed by atoms with Crippen molar-refractivity contribution in [3.8, 4) is 0 Å². The van der Waals surface area contributed by atoms with Crippen LogP contribution in [0.2, 0.25) is 0 Å². The lowest BCUT2D eigenvalue weighted by atomic mass is 10.1. The Hall–Kier alpha value is -1.81. The SMILES string of the molecule is COC(=O)c1cccc2c1ccn2C1CCCCO1. The predicted octanol–water partition coefficient (Wildman–Crippen LogP) is 3.13. The van der Waals surface area contributed by atoms with Gasteiger partial charge in [0, 0.05) is 18.2 Å². The lowest BCUT2D eigenvalue weighted by Crippen LogP contribution is -2.17. The third-order valence-electron chi connectivity index (χ3n) is 3.63. The van der Waals surface area contributed by atoms with Crippen LogP contribution in [0.3, 0.4) is 0 Å². The quantitative estimate of drug-likeness (QED) is 0.778. The number of hydrogen-bond acceptors (Lipinski definition) is 3. The van der Waals surface area contributed by atoms with Crippen LogP contribution in [0.1, 0.15) is 35.8 Å². The van der Waals surface area contributed by atoms with Crippen LogP contribution in [0.15, 0.2) is 30.5 Å². The maximum atomic E-state index is 11.8. The summed E-state index contributed by atoms with van der Waals surface area (Å²) in [6, 6.07) is 7.65. The van der Waals surface area contributed by atoms with Crippen molar-refractivity contribution in [2.24, 2.45) is 0 Å². The Labute approximate surface area is 111 Å². The average molecular weight is 259 g/mol. The summed E-state index contributed by atoms with van der Waals surface area (Å²) in [7, 11) is 1.41. The number of hydrogen-bond donors (Lipinski definition) is 0. The number of benzene rings is 1. The molecule has 0 bridgehead atoms. The molecule has 1 atom stereocenters. The number of rotatable bonds is 2. The van der Waals surface area contributed by atoms with Crippen LogP contribution in [0, 0.1) is 0 Å². The number of aromatic nitrogens is 1. The van der Waals surface area contributed by atoms with Crippen LogP contribution >= 0.6 is 0 Å². The lowest BCUT2D eigenvalue weighted by molar-refractivity contribution is -0.0291. The summed E-state index contributed by atoms with van der Waals surface area (Å²) in [6.07, 6.45) is 5.41. The molecule has 2 aromatic rings. The van der Waals surface area contributed by atoms with Gasteiger partial charge in [-0.3, -0.25) is 0 Å². The Morgan fingerprint density at radius 2 is 2.26 bits per heavy atom. The van der Waals surface area contributed by atoms with E-state index in [1.54, 1.807) is 6.07 Å². The van der Waals surface area contributed by atoms with E-state index in [4.69, 9.17) is 9.47 Å². The normalized spacial score (nSPS) is 19.5. The first-order chi connectivity index (χ1) is 9.31. The monoisotopic (exact) mass is 259 g/mol. The summed E-state index contributed by atoms with van der Waals surface area (Å²) >= 11 is 0. The van der Waals surface area contributed by atoms with Gasteiger partial charge in [-0.1, -0.05) is 6.07 Å². The van der Waals surface area contributed by atoms with Gasteiger partial charge in [0.2, 0.25) is 0 Å². The Morgan fingerprint density at radius 3 is 3.00 bits per heavy atom. The molecule has 1 saturated heterocycles. The molecule has 0 aliphatic carbocycles. The van der Waals surface area contributed by atoms with E-state index in [1.807, 2.05) is 24.4 Å². The number of methoxy groups -OCH3 is 1. The summed E-state index contributed by atoms with van der Waals surface area (Å²) in [5.41, 5.74) is 1.63. The molecule has 1 aromatic heterocycles. The van der Waals surface area contributed by atoms with Crippen molar-refractivity contribution in [2.75, 3.05) is 13.7 Å². The molecule has 4 nitrogen and oxygen atoms in total. The second-order valence-corrected chi connectivity index (χ2v) is 4.77. The molecule has 3 rings (SSSR count). The average Bonchev–Trinajstić information content (AvgIpc) is 2.91. The fourth-order valence-electron chi connectivity index (χ4n) is 2.67. The van der Waals surface area contributed by atoms with Crippen LogP contribution in [0.4, 0.5) is 0 Å². The number of esters is 1. The van der Waals surface area contributed by atoms with Crippen molar-refractivity contribution < 1.29 is 14.3 Å². The highest BCUT2D eigenvalue weighted by molar-refractivity contribution is 6.03. The van der Waals surface area contributed by atoms with Crippen LogP contribution in [-0.4, -0.2) is 24.3 Å². The molecule has 100 valence electrons. The van der Waals surface area contributed by atoms with Gasteiger partial charge in [0.1, 0.15) is 6.23 Å². The van der Waals surface area contributed by atoms with Gasteiger partial charge in [-0.05, 0) is 37.5 Å². The standard InChI is InChI=1S/C15H17NO3/c1-18-15(17)12-5-4-6-13-11(12)8-9-16(13)14-7-2-3-10-19-14/h4-6,8-9,14H,2-3,7,10H2,1H3. The molecule has 1 aromatic carbocycles. The van der Waals surface area contributed by atoms with E-state index in [2.05, 4.69) is 4.57 Å². The summed E-state index contributed by atoms with van der Waals surface area (Å²) in [5, 5.41) is 0.920. The fourth-order valence-corrected chi connectivity index (χ4v) is 2.67. The van der Waals surface area contributed by atoms with Gasteiger partial charge >= 0.3 is 5.97 Å². The van der Waals surface area contributed by atoms with E-state index < -0.39 is 0 Å². The van der Waals surface area contributed by atoms with Crippen molar-refractivity contribution in [1.29, 1.82) is 0 Å². The third kappa shape index (κ3) is 2.12. The van der Waals surface area contributed by atoms with Crippen molar-refractivity contribution in [1.82, 2.24) is 4.57 Å². The van der Waals surface area contributed by atoms with Gasteiger partial charge in [-0.2, -0.15) is 0 Å². The first kappa shape index (κ1) is 12.2. The topological polar surface area (TPSA) is 40.5 Å². The number of ether oxygens (including phenoxy) is 2. The molecule has 0 amide bonds. The van der Waals surface area contributed by atoms with Gasteiger partial charge in [0.15, 0.2) is 0 Å². The van der Waals surface area contributed by atoms with Crippen molar-refractivity contribution in [2.45, 2.75) is 25.5 Å². The van der Waals surface area contributed by atoms with Gasteiger partial charge in [-0.15, -0.1) is 0 Å². The number of fused-ring (bicyclic) bond motifs is 1. The molecule has 19 heavy (non-hydrogen) atoms. The molecule has 1 fully saturated rings. The molecule has 4 heteroatoms. The van der Waals surface area contributed by atoms with Crippen molar-refractivity contribution in [3.63, 3.8) is 0 Å². The van der Waals surface area contributed by atoms with Gasteiger partial charge in [-0.25, -0.2) is 4.79 Å². The molecular weight excluding hydrogens is 242 g/mol. The minimum Gasteiger partial charge on any atom is -0.465 e. The zero-order valence-electron chi connectivity index (χ0n) is 11.0. The Balaban J connectivity index is 2.05. The highest BCUT2D eigenvalue weighted by Gasteiger charge is 2.19. The molecule has 0 radical (unpaired) electrons. The van der Waals surface area contributed by atoms with Crippen LogP contribution < -0.4 is 0 Å². The minimum atomic E-state index is -0.298. The molecule has 2 heterocycles. The van der Waals surface area contributed by atoms with E-state index in [9.17, 15) is 4.79 Å². The fraction of sp³-hybridized carbons (Fsp3) is 0.400. The van der Waals surface area contributed by atoms with Gasteiger partial charge in [0.25, 0.3) is 0 Å². The molecule has 1 aliphatic heterocycles. The largest absolute Gasteiger partial charge is 0.465 e. The number of carbonyl (C=O) groups excluding carboxylic acids is 1. The zero-order chi connectivity index (χ0) is 13.2. The number of nitrogens with zero attached hydrogens (tertiary/aromatic N) is 1. The summed E-state index contributed by atoms with van der Waals surface area (Å²) in [6.45, 7) is 0.807. The zero-order valence-corrected chi connectivity index (χ0v) is 11.0. The van der Waals surface area contributed by atoms with Crippen LogP contribution in [0.5, 0.6) is 0 Å². The van der Waals surface area contributed by atoms with Crippen LogP contribution in [-0.2, 0) is 9.47 Å². The van der Waals surface area contributed by atoms with E-state index >= 15 is 0 Å². The lowest BCUT2D eigenvalue weighted by Gasteiger charge is -2.24. The molecule has 1 unspecified atom stereocenters. The molecule has 0 N–H and O–H groups in total. The van der Waals surface area contributed by atoms with Crippen LogP contribution in [0.25, 0.3) is 10.9 Å². The molecule has 0 spiro atoms. The summed E-state index contributed by atoms with van der Waals surface area (Å²) < 4.78 is 12.7. The Kier molecular flexibility index (Phi) is 3.25. The van der Waals surface area contributed by atoms with Gasteiger partial charge < -0.3 is 14.0 Å². The van der Waals surface area contributed by atoms with E-state index in [0.717, 1.165) is 30.4 Å². The first-order valence-corrected chi connectivity index (χ1v) is 6.61. The highest BCUT2D eigenvalue weighted by atomic mass is 16.5. The second kappa shape index (κ2) is 5.05. The highest BCUT2D eigenvalue weighted by Crippen LogP contribution is 2.29. The summed E-state index contributed by atoms with van der Waals surface area (Å²) in [4.78, 5) is 11.8. The maximum absolute atomic E-state index is 11.8. The molecular formula is C15H17NO3. The molecule has 0 saturated carbocycles. The second-order valence-electron chi connectivity index (χ2n) is 4.77. The maximum Gasteiger partial charge on any atom is 0.338 e. The first-order valence-electron chi connectivity index (χ1n) is 6.61. The van der Waals surface area contributed by atoms with E-state index in [-0.39, 0.29) is 12.2 Å². The van der Waals surface area contributed by atoms with E-state index in [0.29, 0.717) is 5.56 Å². The smallest absolute Gasteiger partial charge is 0.338 e. The van der Waals surface area contributed by atoms with Crippen molar-refractivity contribution >= 4 is 16.9 Å². The predicted molar refractivity (Wildman–Crippen MR) is 72.1 cm³/mol. The third-order valence-corrected chi connectivity index (χ3v) is 3.63. The minimum absolute atomic E-state index is 0.0825. The van der Waals surface area contributed by atoms with Crippen molar-refractivity contribution in [3.05, 3.63) is 36.0 Å². The van der Waals surface area contributed by atoms with Gasteiger partial charge in [0.05, 0.1) is 18.2 Å². The number of carbonyl (C=O) groups is 1. The molecule has 1 aliphatic rings. The Bertz CT molecular complexity index is 596. The van der Waals surface area contributed by atoms with E-state index in [1.165, 1.54) is 13.5 Å². The summed E-state index contributed by atoms with van der Waals surface area (Å²) in [5.74, 6) is -0.298.